The van der Waals surface area contributed by atoms with Gasteiger partial charge in [-0.05, 0) is 73.4 Å². The summed E-state index contributed by atoms with van der Waals surface area (Å²) in [5.74, 6) is 0.658. The molecule has 3 rings (SSSR count). The Hall–Kier alpha value is -3.06. The third-order valence-electron chi connectivity index (χ3n) is 4.58. The van der Waals surface area contributed by atoms with Crippen molar-refractivity contribution in [2.45, 2.75) is 19.5 Å². The van der Waals surface area contributed by atoms with Crippen LogP contribution in [0.25, 0.3) is 10.8 Å². The van der Waals surface area contributed by atoms with Crippen LogP contribution in [-0.4, -0.2) is 25.5 Å². The van der Waals surface area contributed by atoms with Gasteiger partial charge in [-0.2, -0.15) is 13.2 Å². The second-order valence-electron chi connectivity index (χ2n) is 6.78. The number of hydrogen-bond donors (Lipinski definition) is 2. The fraction of sp³-hybridized carbons (Fsp3) is 0.261. The van der Waals surface area contributed by atoms with Crippen molar-refractivity contribution in [2.75, 3.05) is 19.6 Å². The van der Waals surface area contributed by atoms with Crippen LogP contribution in [0.2, 0.25) is 0 Å². The summed E-state index contributed by atoms with van der Waals surface area (Å²) in [7, 11) is 0. The van der Waals surface area contributed by atoms with Crippen LogP contribution < -0.4 is 15.4 Å². The van der Waals surface area contributed by atoms with Crippen LogP contribution in [0.15, 0.2) is 60.7 Å². The average molecular weight is 416 g/mol. The van der Waals surface area contributed by atoms with Gasteiger partial charge in [0.15, 0.2) is 0 Å². The van der Waals surface area contributed by atoms with Crippen LogP contribution >= 0.6 is 0 Å². The number of halogens is 3. The van der Waals surface area contributed by atoms with Crippen molar-refractivity contribution in [2.24, 2.45) is 0 Å². The van der Waals surface area contributed by atoms with E-state index in [0.717, 1.165) is 42.4 Å². The molecule has 0 aliphatic carbocycles. The molecule has 0 saturated carbocycles. The van der Waals surface area contributed by atoms with Gasteiger partial charge in [-0.15, -0.1) is 0 Å². The highest BCUT2D eigenvalue weighted by Crippen LogP contribution is 2.33. The van der Waals surface area contributed by atoms with Gasteiger partial charge >= 0.3 is 6.18 Å². The van der Waals surface area contributed by atoms with E-state index in [4.69, 9.17) is 4.74 Å². The highest BCUT2D eigenvalue weighted by atomic mass is 19.4. The Bertz CT molecular complexity index is 1000. The van der Waals surface area contributed by atoms with Gasteiger partial charge in [0.1, 0.15) is 11.5 Å². The molecule has 0 saturated heterocycles. The molecule has 1 amide bonds. The van der Waals surface area contributed by atoms with Crippen LogP contribution in [0, 0.1) is 0 Å². The lowest BCUT2D eigenvalue weighted by molar-refractivity contribution is -0.137. The van der Waals surface area contributed by atoms with Crippen molar-refractivity contribution in [3.8, 4) is 11.5 Å². The molecule has 0 radical (unpaired) electrons. The van der Waals surface area contributed by atoms with E-state index in [1.165, 1.54) is 12.1 Å². The Morgan fingerprint density at radius 3 is 2.47 bits per heavy atom. The lowest BCUT2D eigenvalue weighted by Gasteiger charge is -2.12. The Labute approximate surface area is 173 Å². The summed E-state index contributed by atoms with van der Waals surface area (Å²) >= 11 is 0. The van der Waals surface area contributed by atoms with Crippen LogP contribution in [-0.2, 0) is 6.18 Å². The number of amides is 1. The third kappa shape index (κ3) is 5.51. The lowest BCUT2D eigenvalue weighted by Crippen LogP contribution is -2.27. The molecular formula is C23H23F3N2O2. The van der Waals surface area contributed by atoms with E-state index in [0.29, 0.717) is 23.6 Å². The number of nitrogens with one attached hydrogen (secondary N) is 2. The Morgan fingerprint density at radius 1 is 1.00 bits per heavy atom. The second-order valence-corrected chi connectivity index (χ2v) is 6.78. The molecular weight excluding hydrogens is 393 g/mol. The summed E-state index contributed by atoms with van der Waals surface area (Å²) in [5.41, 5.74) is -0.188. The predicted molar refractivity (Wildman–Crippen MR) is 111 cm³/mol. The lowest BCUT2D eigenvalue weighted by atomic mass is 10.1. The topological polar surface area (TPSA) is 50.4 Å². The van der Waals surface area contributed by atoms with E-state index < -0.39 is 11.7 Å². The predicted octanol–water partition coefficient (Wildman–Crippen LogP) is 5.38. The Balaban J connectivity index is 1.72. The normalized spacial score (nSPS) is 11.5. The summed E-state index contributed by atoms with van der Waals surface area (Å²) in [6.45, 7) is 4.36. The number of ether oxygens (including phenoxy) is 1. The van der Waals surface area contributed by atoms with Crippen LogP contribution in [0.5, 0.6) is 11.5 Å². The third-order valence-corrected chi connectivity index (χ3v) is 4.58. The number of alkyl halides is 3. The molecule has 3 aromatic carbocycles. The summed E-state index contributed by atoms with van der Waals surface area (Å²) in [5, 5.41) is 7.66. The molecule has 0 bridgehead atoms. The zero-order valence-corrected chi connectivity index (χ0v) is 16.6. The summed E-state index contributed by atoms with van der Waals surface area (Å²) in [4.78, 5) is 12.4. The first kappa shape index (κ1) is 21.6. The number of carbonyl (C=O) groups is 1. The number of rotatable bonds is 8. The Morgan fingerprint density at radius 2 is 1.77 bits per heavy atom. The molecule has 0 atom stereocenters. The molecule has 158 valence electrons. The standard InChI is InChI=1S/C23H23F3N2O2/c1-2-27-13-4-14-28-22(29)17-7-12-20-16(15-17)5-3-6-21(20)30-19-10-8-18(9-11-19)23(24,25)26/h3,5-12,15,27H,2,4,13-14H2,1H3,(H,28,29). The van der Waals surface area contributed by atoms with Crippen molar-refractivity contribution < 1.29 is 22.7 Å². The monoisotopic (exact) mass is 416 g/mol. The Kier molecular flexibility index (Phi) is 6.95. The van der Waals surface area contributed by atoms with Crippen molar-refractivity contribution in [1.29, 1.82) is 0 Å². The minimum Gasteiger partial charge on any atom is -0.457 e. The first-order valence-electron chi connectivity index (χ1n) is 9.75. The van der Waals surface area contributed by atoms with Crippen LogP contribution in [0.1, 0.15) is 29.3 Å². The minimum absolute atomic E-state index is 0.151. The SMILES string of the molecule is CCNCCCNC(=O)c1ccc2c(Oc3ccc(C(F)(F)F)cc3)cccc2c1. The molecule has 3 aromatic rings. The molecule has 7 heteroatoms. The number of fused-ring (bicyclic) bond motifs is 1. The molecule has 0 aliphatic heterocycles. The van der Waals surface area contributed by atoms with E-state index in [9.17, 15) is 18.0 Å². The van der Waals surface area contributed by atoms with Gasteiger partial charge < -0.3 is 15.4 Å². The molecule has 2 N–H and O–H groups in total. The maximum atomic E-state index is 12.7. The van der Waals surface area contributed by atoms with Crippen molar-refractivity contribution in [3.63, 3.8) is 0 Å². The maximum Gasteiger partial charge on any atom is 0.416 e. The van der Waals surface area contributed by atoms with E-state index in [1.807, 2.05) is 13.0 Å². The molecule has 0 aliphatic rings. The maximum absolute atomic E-state index is 12.7. The number of carbonyl (C=O) groups excluding carboxylic acids is 1. The second kappa shape index (κ2) is 9.63. The zero-order valence-electron chi connectivity index (χ0n) is 16.6. The smallest absolute Gasteiger partial charge is 0.416 e. The number of hydrogen-bond acceptors (Lipinski definition) is 3. The molecule has 4 nitrogen and oxygen atoms in total. The molecule has 0 unspecified atom stereocenters. The first-order chi connectivity index (χ1) is 14.4. The average Bonchev–Trinajstić information content (AvgIpc) is 2.73. The molecule has 0 spiro atoms. The minimum atomic E-state index is -4.39. The van der Waals surface area contributed by atoms with Crippen LogP contribution in [0.4, 0.5) is 13.2 Å². The van der Waals surface area contributed by atoms with Crippen LogP contribution in [0.3, 0.4) is 0 Å². The highest BCUT2D eigenvalue weighted by Gasteiger charge is 2.30. The van der Waals surface area contributed by atoms with Gasteiger partial charge in [-0.25, -0.2) is 0 Å². The first-order valence-corrected chi connectivity index (χ1v) is 9.75. The fourth-order valence-electron chi connectivity index (χ4n) is 3.02. The van der Waals surface area contributed by atoms with E-state index in [2.05, 4.69) is 10.6 Å². The summed E-state index contributed by atoms with van der Waals surface area (Å²) in [6, 6.07) is 15.2. The summed E-state index contributed by atoms with van der Waals surface area (Å²) < 4.78 is 43.9. The van der Waals surface area contributed by atoms with Gasteiger partial charge in [0.2, 0.25) is 0 Å². The molecule has 0 aromatic heterocycles. The summed E-state index contributed by atoms with van der Waals surface area (Å²) in [6.07, 6.45) is -3.54. The molecule has 0 fully saturated rings. The van der Waals surface area contributed by atoms with Crippen molar-refractivity contribution in [3.05, 3.63) is 71.8 Å². The molecule has 0 heterocycles. The van der Waals surface area contributed by atoms with E-state index >= 15 is 0 Å². The van der Waals surface area contributed by atoms with Gasteiger partial charge in [-0.3, -0.25) is 4.79 Å². The van der Waals surface area contributed by atoms with Gasteiger partial charge in [-0.1, -0.05) is 19.1 Å². The van der Waals surface area contributed by atoms with Gasteiger partial charge in [0.25, 0.3) is 5.91 Å². The zero-order chi connectivity index (χ0) is 21.6. The van der Waals surface area contributed by atoms with Crippen molar-refractivity contribution in [1.82, 2.24) is 10.6 Å². The van der Waals surface area contributed by atoms with Gasteiger partial charge in [0.05, 0.1) is 5.56 Å². The highest BCUT2D eigenvalue weighted by molar-refractivity contribution is 5.99. The van der Waals surface area contributed by atoms with Crippen molar-refractivity contribution >= 4 is 16.7 Å². The van der Waals surface area contributed by atoms with Gasteiger partial charge in [0, 0.05) is 17.5 Å². The quantitative estimate of drug-likeness (QED) is 0.485. The fourth-order valence-corrected chi connectivity index (χ4v) is 3.02. The number of benzene rings is 3. The molecule has 30 heavy (non-hydrogen) atoms. The van der Waals surface area contributed by atoms with E-state index in [-0.39, 0.29) is 5.91 Å². The van der Waals surface area contributed by atoms with E-state index in [1.54, 1.807) is 30.3 Å². The largest absolute Gasteiger partial charge is 0.457 e.